The average Bonchev–Trinajstić information content (AvgIpc) is 2.11. The van der Waals surface area contributed by atoms with E-state index < -0.39 is 0 Å². The first-order valence-corrected chi connectivity index (χ1v) is 5.01. The summed E-state index contributed by atoms with van der Waals surface area (Å²) < 4.78 is 5.49. The van der Waals surface area contributed by atoms with Gasteiger partial charge in [-0.25, -0.2) is 0 Å². The van der Waals surface area contributed by atoms with E-state index in [0.29, 0.717) is 15.8 Å². The summed E-state index contributed by atoms with van der Waals surface area (Å²) in [5.41, 5.74) is 6.52. The second-order valence-corrected chi connectivity index (χ2v) is 3.97. The van der Waals surface area contributed by atoms with Crippen LogP contribution in [0.25, 0.3) is 0 Å². The Hall–Kier alpha value is -0.800. The number of nitrogens with two attached hydrogens (primary N) is 1. The van der Waals surface area contributed by atoms with Crippen LogP contribution < -0.4 is 10.5 Å². The van der Waals surface area contributed by atoms with Crippen LogP contribution in [0.5, 0.6) is 5.75 Å². The number of hydrogen-bond acceptors (Lipinski definition) is 2. The minimum Gasteiger partial charge on any atom is -0.482 e. The van der Waals surface area contributed by atoms with Crippen LogP contribution in [0.4, 0.5) is 0 Å². The van der Waals surface area contributed by atoms with Crippen molar-refractivity contribution in [3.8, 4) is 5.75 Å². The number of rotatable bonds is 3. The predicted octanol–water partition coefficient (Wildman–Crippen LogP) is 2.70. The molecule has 0 amide bonds. The third kappa shape index (κ3) is 2.86. The Morgan fingerprint density at radius 3 is 2.79 bits per heavy atom. The van der Waals surface area contributed by atoms with Crippen molar-refractivity contribution in [2.45, 2.75) is 20.0 Å². The Bertz CT molecular complexity index is 354. The normalized spacial score (nSPS) is 12.2. The van der Waals surface area contributed by atoms with Gasteiger partial charge in [0.15, 0.2) is 0 Å². The smallest absolute Gasteiger partial charge is 0.145 e. The highest BCUT2D eigenvalue weighted by Gasteiger charge is 2.09. The molecule has 14 heavy (non-hydrogen) atoms. The molecule has 2 nitrogen and oxygen atoms in total. The molecule has 4 heteroatoms. The van der Waals surface area contributed by atoms with Crippen LogP contribution >= 0.6 is 23.8 Å². The summed E-state index contributed by atoms with van der Waals surface area (Å²) in [4.78, 5) is 0.322. The monoisotopic (exact) mass is 229 g/mol. The molecule has 1 atom stereocenters. The fraction of sp³-hybridized carbons (Fsp3) is 0.300. The fourth-order valence-electron chi connectivity index (χ4n) is 0.949. The molecule has 0 aliphatic heterocycles. The van der Waals surface area contributed by atoms with Gasteiger partial charge in [-0.15, -0.1) is 0 Å². The van der Waals surface area contributed by atoms with Crippen molar-refractivity contribution < 1.29 is 4.74 Å². The lowest BCUT2D eigenvalue weighted by molar-refractivity contribution is 0.288. The highest BCUT2D eigenvalue weighted by Crippen LogP contribution is 2.26. The van der Waals surface area contributed by atoms with Crippen LogP contribution in [-0.4, -0.2) is 11.1 Å². The maximum absolute atomic E-state index is 5.94. The first-order valence-electron chi connectivity index (χ1n) is 4.23. The molecule has 1 rings (SSSR count). The maximum Gasteiger partial charge on any atom is 0.145 e. The van der Waals surface area contributed by atoms with E-state index in [9.17, 15) is 0 Å². The molecule has 0 saturated carbocycles. The van der Waals surface area contributed by atoms with E-state index in [2.05, 4.69) is 0 Å². The van der Waals surface area contributed by atoms with E-state index in [1.807, 2.05) is 19.1 Å². The molecule has 1 aromatic carbocycles. The molecule has 0 radical (unpaired) electrons. The summed E-state index contributed by atoms with van der Waals surface area (Å²) >= 11 is 10.7. The molecular formula is C10H12ClNOS. The van der Waals surface area contributed by atoms with E-state index in [1.54, 1.807) is 13.0 Å². The minimum atomic E-state index is -0.302. The molecule has 0 fully saturated rings. The van der Waals surface area contributed by atoms with Crippen molar-refractivity contribution in [2.24, 2.45) is 5.73 Å². The van der Waals surface area contributed by atoms with E-state index in [1.165, 1.54) is 0 Å². The highest BCUT2D eigenvalue weighted by atomic mass is 35.5. The quantitative estimate of drug-likeness (QED) is 0.810. The second-order valence-electron chi connectivity index (χ2n) is 3.10. The van der Waals surface area contributed by atoms with Crippen molar-refractivity contribution in [2.75, 3.05) is 0 Å². The van der Waals surface area contributed by atoms with Crippen molar-refractivity contribution >= 4 is 28.8 Å². The van der Waals surface area contributed by atoms with Crippen molar-refractivity contribution in [1.29, 1.82) is 0 Å². The van der Waals surface area contributed by atoms with E-state index in [-0.39, 0.29) is 6.10 Å². The van der Waals surface area contributed by atoms with Crippen LogP contribution in [0.2, 0.25) is 5.02 Å². The summed E-state index contributed by atoms with van der Waals surface area (Å²) in [6.45, 7) is 3.76. The summed E-state index contributed by atoms with van der Waals surface area (Å²) in [7, 11) is 0. The molecule has 0 bridgehead atoms. The number of thiocarbonyl (C=S) groups is 1. The maximum atomic E-state index is 5.94. The topological polar surface area (TPSA) is 35.2 Å². The lowest BCUT2D eigenvalue weighted by Gasteiger charge is -2.14. The van der Waals surface area contributed by atoms with Gasteiger partial charge in [-0.1, -0.05) is 29.9 Å². The molecule has 2 N–H and O–H groups in total. The molecular weight excluding hydrogens is 218 g/mol. The fourth-order valence-corrected chi connectivity index (χ4v) is 1.16. The van der Waals surface area contributed by atoms with Crippen molar-refractivity contribution in [1.82, 2.24) is 0 Å². The van der Waals surface area contributed by atoms with Gasteiger partial charge in [0.2, 0.25) is 0 Å². The number of halogens is 1. The van der Waals surface area contributed by atoms with E-state index in [4.69, 9.17) is 34.3 Å². The largest absolute Gasteiger partial charge is 0.482 e. The molecule has 0 saturated heterocycles. The lowest BCUT2D eigenvalue weighted by atomic mass is 10.2. The number of aryl methyl sites for hydroxylation is 1. The zero-order valence-electron chi connectivity index (χ0n) is 8.08. The summed E-state index contributed by atoms with van der Waals surface area (Å²) in [6, 6.07) is 5.57. The first kappa shape index (κ1) is 11.3. The van der Waals surface area contributed by atoms with Crippen molar-refractivity contribution in [3.05, 3.63) is 28.8 Å². The standard InChI is InChI=1S/C10H12ClNOS/c1-6-3-4-8(11)9(5-6)13-7(2)10(12)14/h3-5,7H,1-2H3,(H2,12,14). The van der Waals surface area contributed by atoms with Gasteiger partial charge in [-0.05, 0) is 31.5 Å². The molecule has 0 spiro atoms. The van der Waals surface area contributed by atoms with Crippen molar-refractivity contribution in [3.63, 3.8) is 0 Å². The Morgan fingerprint density at radius 1 is 1.57 bits per heavy atom. The minimum absolute atomic E-state index is 0.302. The highest BCUT2D eigenvalue weighted by molar-refractivity contribution is 7.80. The van der Waals surface area contributed by atoms with Gasteiger partial charge in [0.05, 0.1) is 5.02 Å². The van der Waals surface area contributed by atoms with E-state index in [0.717, 1.165) is 5.56 Å². The van der Waals surface area contributed by atoms with Crippen LogP contribution in [0.3, 0.4) is 0 Å². The third-order valence-electron chi connectivity index (χ3n) is 1.79. The number of hydrogen-bond donors (Lipinski definition) is 1. The van der Waals surface area contributed by atoms with Gasteiger partial charge in [-0.2, -0.15) is 0 Å². The third-order valence-corrected chi connectivity index (χ3v) is 2.44. The zero-order valence-corrected chi connectivity index (χ0v) is 9.65. The predicted molar refractivity (Wildman–Crippen MR) is 63.1 cm³/mol. The van der Waals surface area contributed by atoms with Crippen LogP contribution in [-0.2, 0) is 0 Å². The Balaban J connectivity index is 2.85. The molecule has 0 aromatic heterocycles. The second kappa shape index (κ2) is 4.62. The first-order chi connectivity index (χ1) is 6.50. The van der Waals surface area contributed by atoms with Crippen LogP contribution in [0.1, 0.15) is 12.5 Å². The SMILES string of the molecule is Cc1ccc(Cl)c(OC(C)C(N)=S)c1. The van der Waals surface area contributed by atoms with Crippen LogP contribution in [0, 0.1) is 6.92 Å². The number of benzene rings is 1. The zero-order chi connectivity index (χ0) is 10.7. The molecule has 1 unspecified atom stereocenters. The van der Waals surface area contributed by atoms with Gasteiger partial charge in [0.1, 0.15) is 16.8 Å². The molecule has 0 aliphatic rings. The Labute approximate surface area is 94.0 Å². The van der Waals surface area contributed by atoms with Crippen LogP contribution in [0.15, 0.2) is 18.2 Å². The van der Waals surface area contributed by atoms with Gasteiger partial charge >= 0.3 is 0 Å². The number of ether oxygens (including phenoxy) is 1. The van der Waals surface area contributed by atoms with Gasteiger partial charge in [-0.3, -0.25) is 0 Å². The Kier molecular flexibility index (Phi) is 3.72. The van der Waals surface area contributed by atoms with Gasteiger partial charge in [0, 0.05) is 0 Å². The van der Waals surface area contributed by atoms with Gasteiger partial charge in [0.25, 0.3) is 0 Å². The lowest BCUT2D eigenvalue weighted by Crippen LogP contribution is -2.29. The summed E-state index contributed by atoms with van der Waals surface area (Å²) in [6.07, 6.45) is -0.302. The molecule has 1 aromatic rings. The summed E-state index contributed by atoms with van der Waals surface area (Å²) in [5, 5.41) is 0.568. The summed E-state index contributed by atoms with van der Waals surface area (Å²) in [5.74, 6) is 0.618. The Morgan fingerprint density at radius 2 is 2.21 bits per heavy atom. The average molecular weight is 230 g/mol. The van der Waals surface area contributed by atoms with E-state index >= 15 is 0 Å². The molecule has 76 valence electrons. The van der Waals surface area contributed by atoms with Gasteiger partial charge < -0.3 is 10.5 Å². The molecule has 0 aliphatic carbocycles. The molecule has 0 heterocycles.